The molecule has 0 spiro atoms. The maximum Gasteiger partial charge on any atom is 0.0367 e. The maximum absolute atomic E-state index is 2.51. The smallest absolute Gasteiger partial charge is 0.0367 e. The second-order valence-corrected chi connectivity index (χ2v) is 6.91. The van der Waals surface area contributed by atoms with E-state index in [-0.39, 0.29) is 0 Å². The Kier molecular flexibility index (Phi) is 3.99. The second kappa shape index (κ2) is 5.79. The van der Waals surface area contributed by atoms with Crippen molar-refractivity contribution in [3.8, 4) is 11.1 Å². The van der Waals surface area contributed by atoms with Crippen LogP contribution in [0.4, 0.5) is 5.69 Å². The van der Waals surface area contributed by atoms with Gasteiger partial charge >= 0.3 is 0 Å². The number of benzene rings is 2. The van der Waals surface area contributed by atoms with E-state index in [1.165, 1.54) is 53.9 Å². The van der Waals surface area contributed by atoms with E-state index in [1.807, 2.05) is 0 Å². The first-order valence-electron chi connectivity index (χ1n) is 8.49. The summed E-state index contributed by atoms with van der Waals surface area (Å²) in [6.45, 7) is 11.4. The first-order chi connectivity index (χ1) is 10.6. The average Bonchev–Trinajstić information content (AvgIpc) is 2.51. The van der Waals surface area contributed by atoms with E-state index in [0.29, 0.717) is 5.41 Å². The lowest BCUT2D eigenvalue weighted by Crippen LogP contribution is -2.55. The molecule has 0 saturated carbocycles. The highest BCUT2D eigenvalue weighted by molar-refractivity contribution is 5.67. The number of anilines is 1. The minimum atomic E-state index is 0.562. The van der Waals surface area contributed by atoms with Crippen molar-refractivity contribution in [1.29, 1.82) is 0 Å². The van der Waals surface area contributed by atoms with Gasteiger partial charge in [0, 0.05) is 24.2 Å². The predicted octanol–water partition coefficient (Wildman–Crippen LogP) is 5.60. The molecular formula is C21H27N. The Morgan fingerprint density at radius 1 is 0.818 bits per heavy atom. The Labute approximate surface area is 135 Å². The molecular weight excluding hydrogens is 266 g/mol. The fraction of sp³-hybridized carbons (Fsp3) is 0.429. The molecule has 1 heterocycles. The van der Waals surface area contributed by atoms with Crippen molar-refractivity contribution in [2.45, 2.75) is 40.5 Å². The zero-order valence-corrected chi connectivity index (χ0v) is 14.3. The molecule has 1 nitrogen and oxygen atoms in total. The molecule has 22 heavy (non-hydrogen) atoms. The summed E-state index contributed by atoms with van der Waals surface area (Å²) in [6, 6.07) is 15.8. The standard InChI is InChI=1S/C21H27N/c1-5-21(6-2)14-22(15-21)20-11-9-18(10-12-20)19-8-7-16(3)17(4)13-19/h7-13H,5-6,14-15H2,1-4H3. The van der Waals surface area contributed by atoms with Crippen molar-refractivity contribution in [2.75, 3.05) is 18.0 Å². The normalized spacial score (nSPS) is 16.5. The van der Waals surface area contributed by atoms with E-state index >= 15 is 0 Å². The molecule has 0 amide bonds. The van der Waals surface area contributed by atoms with Gasteiger partial charge < -0.3 is 4.90 Å². The fourth-order valence-corrected chi connectivity index (χ4v) is 3.43. The minimum Gasteiger partial charge on any atom is -0.370 e. The zero-order valence-electron chi connectivity index (χ0n) is 14.3. The molecule has 0 bridgehead atoms. The summed E-state index contributed by atoms with van der Waals surface area (Å²) >= 11 is 0. The first-order valence-corrected chi connectivity index (χ1v) is 8.49. The van der Waals surface area contributed by atoms with E-state index in [2.05, 4.69) is 75.1 Å². The molecule has 116 valence electrons. The highest BCUT2D eigenvalue weighted by atomic mass is 15.2. The van der Waals surface area contributed by atoms with Crippen LogP contribution in [0.15, 0.2) is 42.5 Å². The van der Waals surface area contributed by atoms with Crippen molar-refractivity contribution in [3.63, 3.8) is 0 Å². The van der Waals surface area contributed by atoms with Gasteiger partial charge in [-0.05, 0) is 61.1 Å². The summed E-state index contributed by atoms with van der Waals surface area (Å²) in [5.74, 6) is 0. The number of rotatable bonds is 4. The number of nitrogens with zero attached hydrogens (tertiary/aromatic N) is 1. The van der Waals surface area contributed by atoms with Gasteiger partial charge in [-0.2, -0.15) is 0 Å². The van der Waals surface area contributed by atoms with E-state index in [0.717, 1.165) is 0 Å². The maximum atomic E-state index is 2.51. The van der Waals surface area contributed by atoms with Gasteiger partial charge in [-0.25, -0.2) is 0 Å². The lowest BCUT2D eigenvalue weighted by Gasteiger charge is -2.51. The largest absolute Gasteiger partial charge is 0.370 e. The van der Waals surface area contributed by atoms with Crippen LogP contribution in [0.1, 0.15) is 37.8 Å². The summed E-state index contributed by atoms with van der Waals surface area (Å²) in [4.78, 5) is 2.51. The summed E-state index contributed by atoms with van der Waals surface area (Å²) in [5.41, 5.74) is 7.27. The average molecular weight is 293 g/mol. The molecule has 3 rings (SSSR count). The first kappa shape index (κ1) is 15.1. The minimum absolute atomic E-state index is 0.562. The molecule has 1 saturated heterocycles. The summed E-state index contributed by atoms with van der Waals surface area (Å²) < 4.78 is 0. The fourth-order valence-electron chi connectivity index (χ4n) is 3.43. The van der Waals surface area contributed by atoms with Crippen LogP contribution in [0.25, 0.3) is 11.1 Å². The van der Waals surface area contributed by atoms with Crippen molar-refractivity contribution in [1.82, 2.24) is 0 Å². The van der Waals surface area contributed by atoms with Crippen molar-refractivity contribution in [2.24, 2.45) is 5.41 Å². The topological polar surface area (TPSA) is 3.24 Å². The van der Waals surface area contributed by atoms with Gasteiger partial charge in [-0.1, -0.05) is 44.2 Å². The van der Waals surface area contributed by atoms with Crippen LogP contribution in [0, 0.1) is 19.3 Å². The second-order valence-electron chi connectivity index (χ2n) is 6.91. The summed E-state index contributed by atoms with van der Waals surface area (Å²) in [7, 11) is 0. The third-order valence-electron chi connectivity index (χ3n) is 5.63. The summed E-state index contributed by atoms with van der Waals surface area (Å²) in [5, 5.41) is 0. The highest BCUT2D eigenvalue weighted by Gasteiger charge is 2.39. The molecule has 0 unspecified atom stereocenters. The molecule has 1 heteroatoms. The van der Waals surface area contributed by atoms with Crippen LogP contribution >= 0.6 is 0 Å². The lowest BCUT2D eigenvalue weighted by molar-refractivity contribution is 0.194. The number of hydrogen-bond donors (Lipinski definition) is 0. The molecule has 2 aromatic rings. The van der Waals surface area contributed by atoms with Crippen molar-refractivity contribution < 1.29 is 0 Å². The Morgan fingerprint density at radius 2 is 1.41 bits per heavy atom. The van der Waals surface area contributed by atoms with Gasteiger partial charge in [0.05, 0.1) is 0 Å². The molecule has 0 N–H and O–H groups in total. The SMILES string of the molecule is CCC1(CC)CN(c2ccc(-c3ccc(C)c(C)c3)cc2)C1. The Balaban J connectivity index is 1.75. The quantitative estimate of drug-likeness (QED) is 0.709. The van der Waals surface area contributed by atoms with Crippen molar-refractivity contribution >= 4 is 5.69 Å². The van der Waals surface area contributed by atoms with Gasteiger partial charge in [0.15, 0.2) is 0 Å². The molecule has 0 aliphatic carbocycles. The predicted molar refractivity (Wildman–Crippen MR) is 96.6 cm³/mol. The molecule has 0 radical (unpaired) electrons. The number of hydrogen-bond acceptors (Lipinski definition) is 1. The van der Waals surface area contributed by atoms with Crippen LogP contribution in [-0.2, 0) is 0 Å². The lowest BCUT2D eigenvalue weighted by atomic mass is 9.75. The molecule has 0 aromatic heterocycles. The number of aryl methyl sites for hydroxylation is 2. The van der Waals surface area contributed by atoms with Gasteiger partial charge in [-0.15, -0.1) is 0 Å². The Hall–Kier alpha value is -1.76. The molecule has 1 aliphatic heterocycles. The Bertz CT molecular complexity index is 642. The Morgan fingerprint density at radius 3 is 1.95 bits per heavy atom. The van der Waals surface area contributed by atoms with Crippen molar-refractivity contribution in [3.05, 3.63) is 53.6 Å². The van der Waals surface area contributed by atoms with E-state index < -0.39 is 0 Å². The zero-order chi connectivity index (χ0) is 15.7. The van der Waals surface area contributed by atoms with Crippen LogP contribution in [0.3, 0.4) is 0 Å². The third kappa shape index (κ3) is 2.65. The van der Waals surface area contributed by atoms with Gasteiger partial charge in [0.2, 0.25) is 0 Å². The van der Waals surface area contributed by atoms with Crippen LogP contribution in [-0.4, -0.2) is 13.1 Å². The highest BCUT2D eigenvalue weighted by Crippen LogP contribution is 2.40. The van der Waals surface area contributed by atoms with Gasteiger partial charge in [0.25, 0.3) is 0 Å². The monoisotopic (exact) mass is 293 g/mol. The van der Waals surface area contributed by atoms with E-state index in [4.69, 9.17) is 0 Å². The van der Waals surface area contributed by atoms with E-state index in [1.54, 1.807) is 0 Å². The molecule has 1 aliphatic rings. The van der Waals surface area contributed by atoms with Crippen LogP contribution in [0.5, 0.6) is 0 Å². The summed E-state index contributed by atoms with van der Waals surface area (Å²) in [6.07, 6.45) is 2.58. The molecule has 1 fully saturated rings. The van der Waals surface area contributed by atoms with Crippen LogP contribution < -0.4 is 4.90 Å². The van der Waals surface area contributed by atoms with Gasteiger partial charge in [-0.3, -0.25) is 0 Å². The van der Waals surface area contributed by atoms with Gasteiger partial charge in [0.1, 0.15) is 0 Å². The molecule has 2 aromatic carbocycles. The molecule has 0 atom stereocenters. The van der Waals surface area contributed by atoms with E-state index in [9.17, 15) is 0 Å². The van der Waals surface area contributed by atoms with Crippen LogP contribution in [0.2, 0.25) is 0 Å². The third-order valence-corrected chi connectivity index (χ3v) is 5.63.